The third kappa shape index (κ3) is 4.58. The number of ether oxygens (including phenoxy) is 1. The molecular formula is C11H14BrCl2NO3S. The molecule has 0 aromatic heterocycles. The van der Waals surface area contributed by atoms with Crippen LogP contribution < -0.4 is 4.72 Å². The quantitative estimate of drug-likeness (QED) is 0.809. The topological polar surface area (TPSA) is 55.4 Å². The van der Waals surface area contributed by atoms with E-state index in [1.807, 2.05) is 6.92 Å². The molecule has 8 heteroatoms. The van der Waals surface area contributed by atoms with E-state index in [4.69, 9.17) is 27.9 Å². The van der Waals surface area contributed by atoms with Crippen LogP contribution in [0.2, 0.25) is 10.0 Å². The minimum atomic E-state index is -3.79. The van der Waals surface area contributed by atoms with Gasteiger partial charge >= 0.3 is 0 Å². The number of rotatable bonds is 6. The van der Waals surface area contributed by atoms with Crippen LogP contribution in [-0.4, -0.2) is 28.2 Å². The van der Waals surface area contributed by atoms with E-state index in [9.17, 15) is 8.42 Å². The summed E-state index contributed by atoms with van der Waals surface area (Å²) in [6, 6.07) is 2.64. The molecule has 0 spiro atoms. The highest BCUT2D eigenvalue weighted by Gasteiger charge is 2.25. The highest BCUT2D eigenvalue weighted by molar-refractivity contribution is 9.10. The van der Waals surface area contributed by atoms with Crippen LogP contribution in [0.4, 0.5) is 0 Å². The van der Waals surface area contributed by atoms with Crippen LogP contribution in [-0.2, 0) is 14.8 Å². The van der Waals surface area contributed by atoms with Crippen molar-refractivity contribution in [3.8, 4) is 0 Å². The van der Waals surface area contributed by atoms with Gasteiger partial charge in [0.1, 0.15) is 4.90 Å². The Morgan fingerprint density at radius 2 is 1.89 bits per heavy atom. The van der Waals surface area contributed by atoms with Crippen molar-refractivity contribution in [1.29, 1.82) is 0 Å². The number of halogens is 3. The zero-order valence-corrected chi connectivity index (χ0v) is 14.3. The first-order chi connectivity index (χ1) is 8.81. The van der Waals surface area contributed by atoms with Crippen molar-refractivity contribution >= 4 is 49.2 Å². The van der Waals surface area contributed by atoms with Crippen molar-refractivity contribution in [3.05, 3.63) is 26.7 Å². The Morgan fingerprint density at radius 1 is 1.37 bits per heavy atom. The minimum Gasteiger partial charge on any atom is -0.383 e. The largest absolute Gasteiger partial charge is 0.383 e. The summed E-state index contributed by atoms with van der Waals surface area (Å²) in [7, 11) is -2.28. The lowest BCUT2D eigenvalue weighted by molar-refractivity contribution is 0.173. The fourth-order valence-electron chi connectivity index (χ4n) is 1.50. The molecule has 19 heavy (non-hydrogen) atoms. The van der Waals surface area contributed by atoms with E-state index < -0.39 is 10.0 Å². The third-order valence-electron chi connectivity index (χ3n) is 2.41. The molecule has 4 nitrogen and oxygen atoms in total. The van der Waals surface area contributed by atoms with Crippen LogP contribution in [0.15, 0.2) is 21.5 Å². The summed E-state index contributed by atoms with van der Waals surface area (Å²) in [5.74, 6) is 0. The third-order valence-corrected chi connectivity index (χ3v) is 5.31. The summed E-state index contributed by atoms with van der Waals surface area (Å²) in [5.41, 5.74) is 0. The molecule has 0 aliphatic rings. The van der Waals surface area contributed by atoms with E-state index >= 15 is 0 Å². The monoisotopic (exact) mass is 389 g/mol. The molecule has 1 aromatic carbocycles. The maximum atomic E-state index is 12.3. The van der Waals surface area contributed by atoms with Gasteiger partial charge in [0.25, 0.3) is 0 Å². The van der Waals surface area contributed by atoms with Gasteiger partial charge in [0.05, 0.1) is 16.7 Å². The number of sulfonamides is 1. The molecule has 0 heterocycles. The number of hydrogen-bond donors (Lipinski definition) is 1. The van der Waals surface area contributed by atoms with Gasteiger partial charge in [0, 0.05) is 17.6 Å². The Balaban J connectivity index is 3.14. The first-order valence-electron chi connectivity index (χ1n) is 5.47. The molecule has 1 aromatic rings. The van der Waals surface area contributed by atoms with E-state index in [0.29, 0.717) is 10.9 Å². The molecule has 1 unspecified atom stereocenters. The second-order valence-corrected chi connectivity index (χ2v) is 7.26. The molecule has 0 amide bonds. The van der Waals surface area contributed by atoms with E-state index in [1.54, 1.807) is 0 Å². The molecule has 1 atom stereocenters. The minimum absolute atomic E-state index is 0.0687. The predicted molar refractivity (Wildman–Crippen MR) is 80.4 cm³/mol. The smallest absolute Gasteiger partial charge is 0.243 e. The average molecular weight is 391 g/mol. The normalized spacial score (nSPS) is 13.5. The fraction of sp³-hybridized carbons (Fsp3) is 0.455. The first-order valence-corrected chi connectivity index (χ1v) is 8.50. The molecule has 0 bridgehead atoms. The standard InChI is InChI=1S/C11H14BrCl2NO3S/c1-3-8(6-18-2)15-19(16,17)11-9(13)4-7(12)5-10(11)14/h4-5,8,15H,3,6H2,1-2H3. The molecule has 0 saturated carbocycles. The Hall–Kier alpha value is 0.150. The summed E-state index contributed by atoms with van der Waals surface area (Å²) < 4.78 is 32.7. The SMILES string of the molecule is CCC(COC)NS(=O)(=O)c1c(Cl)cc(Br)cc1Cl. The summed E-state index contributed by atoms with van der Waals surface area (Å²) in [5, 5.41) is 0.137. The molecule has 1 N–H and O–H groups in total. The number of benzene rings is 1. The van der Waals surface area contributed by atoms with Crippen LogP contribution in [0, 0.1) is 0 Å². The lowest BCUT2D eigenvalue weighted by atomic mass is 10.3. The Labute approximate surface area is 131 Å². The second kappa shape index (κ2) is 7.24. The molecule has 0 radical (unpaired) electrons. The van der Waals surface area contributed by atoms with E-state index in [2.05, 4.69) is 20.7 Å². The molecular weight excluding hydrogens is 377 g/mol. The lowest BCUT2D eigenvalue weighted by Crippen LogP contribution is -2.37. The fourth-order valence-corrected chi connectivity index (χ4v) is 4.74. The predicted octanol–water partition coefficient (Wildman–Crippen LogP) is 3.46. The van der Waals surface area contributed by atoms with Crippen molar-refractivity contribution in [2.24, 2.45) is 0 Å². The van der Waals surface area contributed by atoms with E-state index in [0.717, 1.165) is 0 Å². The van der Waals surface area contributed by atoms with Crippen LogP contribution in [0.5, 0.6) is 0 Å². The van der Waals surface area contributed by atoms with Gasteiger partial charge in [-0.25, -0.2) is 13.1 Å². The van der Waals surface area contributed by atoms with Crippen molar-refractivity contribution in [3.63, 3.8) is 0 Å². The van der Waals surface area contributed by atoms with Crippen LogP contribution in [0.1, 0.15) is 13.3 Å². The summed E-state index contributed by atoms with van der Waals surface area (Å²) in [6.45, 7) is 2.14. The van der Waals surface area contributed by atoms with Gasteiger partial charge in [-0.05, 0) is 18.6 Å². The zero-order valence-electron chi connectivity index (χ0n) is 10.4. The van der Waals surface area contributed by atoms with Crippen LogP contribution >= 0.6 is 39.1 Å². The van der Waals surface area contributed by atoms with Gasteiger partial charge in [0.2, 0.25) is 10.0 Å². The Bertz CT molecular complexity index is 528. The van der Waals surface area contributed by atoms with Gasteiger partial charge in [-0.2, -0.15) is 0 Å². The molecule has 0 fully saturated rings. The molecule has 1 rings (SSSR count). The van der Waals surface area contributed by atoms with Crippen LogP contribution in [0.25, 0.3) is 0 Å². The maximum absolute atomic E-state index is 12.3. The molecule has 108 valence electrons. The molecule has 0 aliphatic heterocycles. The number of nitrogens with one attached hydrogen (secondary N) is 1. The van der Waals surface area contributed by atoms with Crippen molar-refractivity contribution in [2.45, 2.75) is 24.3 Å². The average Bonchev–Trinajstić information content (AvgIpc) is 2.25. The summed E-state index contributed by atoms with van der Waals surface area (Å²) >= 11 is 15.1. The maximum Gasteiger partial charge on any atom is 0.243 e. The van der Waals surface area contributed by atoms with E-state index in [1.165, 1.54) is 19.2 Å². The summed E-state index contributed by atoms with van der Waals surface area (Å²) in [6.07, 6.45) is 0.596. The Kier molecular flexibility index (Phi) is 6.56. The van der Waals surface area contributed by atoms with Gasteiger partial charge in [0.15, 0.2) is 0 Å². The van der Waals surface area contributed by atoms with Crippen LogP contribution in [0.3, 0.4) is 0 Å². The lowest BCUT2D eigenvalue weighted by Gasteiger charge is -2.17. The highest BCUT2D eigenvalue weighted by atomic mass is 79.9. The van der Waals surface area contributed by atoms with Gasteiger partial charge < -0.3 is 4.74 Å². The van der Waals surface area contributed by atoms with Crippen molar-refractivity contribution in [2.75, 3.05) is 13.7 Å². The molecule has 0 saturated heterocycles. The van der Waals surface area contributed by atoms with Gasteiger partial charge in [-0.3, -0.25) is 0 Å². The van der Waals surface area contributed by atoms with Gasteiger partial charge in [-0.1, -0.05) is 46.1 Å². The molecule has 0 aliphatic carbocycles. The highest BCUT2D eigenvalue weighted by Crippen LogP contribution is 2.32. The van der Waals surface area contributed by atoms with Crippen molar-refractivity contribution < 1.29 is 13.2 Å². The summed E-state index contributed by atoms with van der Waals surface area (Å²) in [4.78, 5) is -0.117. The Morgan fingerprint density at radius 3 is 2.32 bits per heavy atom. The zero-order chi connectivity index (χ0) is 14.6. The van der Waals surface area contributed by atoms with Crippen molar-refractivity contribution in [1.82, 2.24) is 4.72 Å². The number of methoxy groups -OCH3 is 1. The second-order valence-electron chi connectivity index (χ2n) is 3.88. The first kappa shape index (κ1) is 17.2. The number of hydrogen-bond acceptors (Lipinski definition) is 3. The van der Waals surface area contributed by atoms with Gasteiger partial charge in [-0.15, -0.1) is 0 Å². The van der Waals surface area contributed by atoms with E-state index in [-0.39, 0.29) is 27.6 Å².